The highest BCUT2D eigenvalue weighted by molar-refractivity contribution is 6.30. The van der Waals surface area contributed by atoms with Crippen molar-refractivity contribution in [2.75, 3.05) is 31.5 Å². The van der Waals surface area contributed by atoms with Crippen LogP contribution in [0, 0.1) is 5.92 Å². The number of halogens is 1. The molecule has 1 aliphatic rings. The molecular formula is C14H22ClN3O. The van der Waals surface area contributed by atoms with E-state index in [9.17, 15) is 5.11 Å². The van der Waals surface area contributed by atoms with Gasteiger partial charge in [-0.15, -0.1) is 0 Å². The van der Waals surface area contributed by atoms with Crippen LogP contribution in [0.5, 0.6) is 0 Å². The van der Waals surface area contributed by atoms with E-state index in [1.807, 2.05) is 6.07 Å². The van der Waals surface area contributed by atoms with E-state index in [0.717, 1.165) is 31.4 Å². The fourth-order valence-corrected chi connectivity index (χ4v) is 2.42. The Labute approximate surface area is 119 Å². The van der Waals surface area contributed by atoms with Gasteiger partial charge in [-0.2, -0.15) is 0 Å². The molecular weight excluding hydrogens is 262 g/mol. The van der Waals surface area contributed by atoms with Crippen LogP contribution < -0.4 is 5.32 Å². The number of likely N-dealkylation sites (tertiary alicyclic amines) is 1. The number of aliphatic hydroxyl groups is 1. The summed E-state index contributed by atoms with van der Waals surface area (Å²) in [4.78, 5) is 6.47. The molecule has 1 aliphatic heterocycles. The third kappa shape index (κ3) is 4.97. The van der Waals surface area contributed by atoms with Gasteiger partial charge in [-0.25, -0.2) is 4.98 Å². The minimum Gasteiger partial charge on any atom is -0.390 e. The standard InChI is InChI=1S/C14H22ClN3O/c1-11-4-6-18(7-5-11)10-13(19)9-17-14-3-2-12(15)8-16-14/h2-3,8,11,13,19H,4-7,9-10H2,1H3,(H,16,17). The van der Waals surface area contributed by atoms with E-state index in [0.29, 0.717) is 11.6 Å². The van der Waals surface area contributed by atoms with E-state index >= 15 is 0 Å². The van der Waals surface area contributed by atoms with Gasteiger partial charge in [0, 0.05) is 19.3 Å². The summed E-state index contributed by atoms with van der Waals surface area (Å²) < 4.78 is 0. The van der Waals surface area contributed by atoms with Crippen LogP contribution >= 0.6 is 11.6 Å². The Balaban J connectivity index is 1.69. The molecule has 2 rings (SSSR count). The van der Waals surface area contributed by atoms with E-state index < -0.39 is 0 Å². The average Bonchev–Trinajstić information content (AvgIpc) is 2.41. The van der Waals surface area contributed by atoms with Crippen molar-refractivity contribution >= 4 is 17.4 Å². The second-order valence-corrected chi connectivity index (χ2v) is 5.82. The topological polar surface area (TPSA) is 48.4 Å². The van der Waals surface area contributed by atoms with Gasteiger partial charge in [0.2, 0.25) is 0 Å². The molecule has 106 valence electrons. The second-order valence-electron chi connectivity index (χ2n) is 5.38. The zero-order valence-electron chi connectivity index (χ0n) is 11.3. The molecule has 1 aromatic heterocycles. The second kappa shape index (κ2) is 7.08. The van der Waals surface area contributed by atoms with Crippen LogP contribution in [0.1, 0.15) is 19.8 Å². The van der Waals surface area contributed by atoms with Crippen molar-refractivity contribution in [2.24, 2.45) is 5.92 Å². The van der Waals surface area contributed by atoms with Crippen molar-refractivity contribution in [1.82, 2.24) is 9.88 Å². The Bertz CT molecular complexity index is 377. The summed E-state index contributed by atoms with van der Waals surface area (Å²) in [7, 11) is 0. The van der Waals surface area contributed by atoms with Crippen LogP contribution in [-0.2, 0) is 0 Å². The molecule has 1 atom stereocenters. The van der Waals surface area contributed by atoms with Crippen LogP contribution in [0.3, 0.4) is 0 Å². The SMILES string of the molecule is CC1CCN(CC(O)CNc2ccc(Cl)cn2)CC1. The number of anilines is 1. The predicted octanol–water partition coefficient (Wildman–Crippen LogP) is 2.24. The quantitative estimate of drug-likeness (QED) is 0.870. The molecule has 1 fully saturated rings. The molecule has 0 aliphatic carbocycles. The number of aliphatic hydroxyl groups excluding tert-OH is 1. The molecule has 1 saturated heterocycles. The Kier molecular flexibility index (Phi) is 5.43. The highest BCUT2D eigenvalue weighted by Gasteiger charge is 2.18. The van der Waals surface area contributed by atoms with Crippen LogP contribution in [0.2, 0.25) is 5.02 Å². The molecule has 1 aromatic rings. The van der Waals surface area contributed by atoms with Gasteiger partial charge in [-0.3, -0.25) is 0 Å². The van der Waals surface area contributed by atoms with E-state index in [2.05, 4.69) is 22.1 Å². The van der Waals surface area contributed by atoms with Crippen molar-refractivity contribution < 1.29 is 5.11 Å². The zero-order valence-corrected chi connectivity index (χ0v) is 12.1. The van der Waals surface area contributed by atoms with Gasteiger partial charge in [-0.1, -0.05) is 18.5 Å². The van der Waals surface area contributed by atoms with Gasteiger partial charge in [0.25, 0.3) is 0 Å². The fourth-order valence-electron chi connectivity index (χ4n) is 2.31. The van der Waals surface area contributed by atoms with E-state index in [1.54, 1.807) is 12.3 Å². The van der Waals surface area contributed by atoms with Crippen molar-refractivity contribution in [1.29, 1.82) is 0 Å². The number of pyridine rings is 1. The summed E-state index contributed by atoms with van der Waals surface area (Å²) in [6.07, 6.45) is 3.70. The zero-order chi connectivity index (χ0) is 13.7. The summed E-state index contributed by atoms with van der Waals surface area (Å²) in [5.41, 5.74) is 0. The Morgan fingerprint density at radius 1 is 1.47 bits per heavy atom. The number of rotatable bonds is 5. The van der Waals surface area contributed by atoms with Crippen LogP contribution in [0.15, 0.2) is 18.3 Å². The first kappa shape index (κ1) is 14.6. The van der Waals surface area contributed by atoms with E-state index in [1.165, 1.54) is 12.8 Å². The Hall–Kier alpha value is -0.840. The monoisotopic (exact) mass is 283 g/mol. The first-order valence-corrected chi connectivity index (χ1v) is 7.27. The largest absolute Gasteiger partial charge is 0.390 e. The number of hydrogen-bond acceptors (Lipinski definition) is 4. The van der Waals surface area contributed by atoms with Gasteiger partial charge in [-0.05, 0) is 44.0 Å². The predicted molar refractivity (Wildman–Crippen MR) is 78.6 cm³/mol. The maximum absolute atomic E-state index is 10.0. The molecule has 5 heteroatoms. The Morgan fingerprint density at radius 2 is 2.21 bits per heavy atom. The lowest BCUT2D eigenvalue weighted by Crippen LogP contribution is -2.40. The van der Waals surface area contributed by atoms with Gasteiger partial charge in [0.15, 0.2) is 0 Å². The molecule has 0 bridgehead atoms. The maximum atomic E-state index is 10.0. The molecule has 1 unspecified atom stereocenters. The Morgan fingerprint density at radius 3 is 2.84 bits per heavy atom. The van der Waals surface area contributed by atoms with Gasteiger partial charge >= 0.3 is 0 Å². The molecule has 19 heavy (non-hydrogen) atoms. The molecule has 4 nitrogen and oxygen atoms in total. The van der Waals surface area contributed by atoms with Gasteiger partial charge < -0.3 is 15.3 Å². The number of aromatic nitrogens is 1. The number of hydrogen-bond donors (Lipinski definition) is 2. The third-order valence-corrected chi connectivity index (χ3v) is 3.81. The molecule has 2 N–H and O–H groups in total. The van der Waals surface area contributed by atoms with Crippen molar-refractivity contribution in [3.63, 3.8) is 0 Å². The molecule has 0 radical (unpaired) electrons. The lowest BCUT2D eigenvalue weighted by atomic mass is 9.99. The normalized spacial score (nSPS) is 19.3. The number of β-amino-alcohol motifs (C(OH)–C–C–N with tert-alkyl or cyclic N) is 1. The summed E-state index contributed by atoms with van der Waals surface area (Å²) in [6.45, 7) is 5.73. The minimum atomic E-state index is -0.370. The van der Waals surface area contributed by atoms with Crippen LogP contribution in [0.25, 0.3) is 0 Å². The molecule has 0 amide bonds. The fraction of sp³-hybridized carbons (Fsp3) is 0.643. The summed E-state index contributed by atoms with van der Waals surface area (Å²) in [6, 6.07) is 3.60. The van der Waals surface area contributed by atoms with Crippen molar-refractivity contribution in [2.45, 2.75) is 25.9 Å². The molecule has 0 saturated carbocycles. The van der Waals surface area contributed by atoms with Gasteiger partial charge in [0.1, 0.15) is 5.82 Å². The summed E-state index contributed by atoms with van der Waals surface area (Å²) in [5, 5.41) is 13.8. The highest BCUT2D eigenvalue weighted by atomic mass is 35.5. The van der Waals surface area contributed by atoms with E-state index in [4.69, 9.17) is 11.6 Å². The van der Waals surface area contributed by atoms with Crippen molar-refractivity contribution in [3.8, 4) is 0 Å². The smallest absolute Gasteiger partial charge is 0.126 e. The number of nitrogens with one attached hydrogen (secondary N) is 1. The highest BCUT2D eigenvalue weighted by Crippen LogP contribution is 2.16. The third-order valence-electron chi connectivity index (χ3n) is 3.59. The first-order chi connectivity index (χ1) is 9.13. The minimum absolute atomic E-state index is 0.370. The van der Waals surface area contributed by atoms with E-state index in [-0.39, 0.29) is 6.10 Å². The van der Waals surface area contributed by atoms with Crippen LogP contribution in [0.4, 0.5) is 5.82 Å². The summed E-state index contributed by atoms with van der Waals surface area (Å²) in [5.74, 6) is 1.57. The van der Waals surface area contributed by atoms with Crippen molar-refractivity contribution in [3.05, 3.63) is 23.4 Å². The molecule has 0 spiro atoms. The number of piperidine rings is 1. The lowest BCUT2D eigenvalue weighted by molar-refractivity contribution is 0.0989. The lowest BCUT2D eigenvalue weighted by Gasteiger charge is -2.31. The maximum Gasteiger partial charge on any atom is 0.126 e. The molecule has 2 heterocycles. The molecule has 0 aromatic carbocycles. The summed E-state index contributed by atoms with van der Waals surface area (Å²) >= 11 is 5.77. The first-order valence-electron chi connectivity index (χ1n) is 6.89. The van der Waals surface area contributed by atoms with Crippen LogP contribution in [-0.4, -0.2) is 47.3 Å². The van der Waals surface area contributed by atoms with Gasteiger partial charge in [0.05, 0.1) is 11.1 Å². The average molecular weight is 284 g/mol. The number of nitrogens with zero attached hydrogens (tertiary/aromatic N) is 2.